The Morgan fingerprint density at radius 2 is 1.78 bits per heavy atom. The van der Waals surface area contributed by atoms with E-state index in [1.165, 1.54) is 24.3 Å². The zero-order chi connectivity index (χ0) is 16.6. The van der Waals surface area contributed by atoms with Crippen LogP contribution in [0.15, 0.2) is 30.1 Å². The predicted octanol–water partition coefficient (Wildman–Crippen LogP) is 2.72. The highest BCUT2D eigenvalue weighted by Gasteiger charge is 2.49. The maximum Gasteiger partial charge on any atom is 0.239 e. The van der Waals surface area contributed by atoms with Gasteiger partial charge >= 0.3 is 0 Å². The van der Waals surface area contributed by atoms with Gasteiger partial charge in [-0.25, -0.2) is 8.78 Å². The minimum Gasteiger partial charge on any atom is -0.365 e. The van der Waals surface area contributed by atoms with Gasteiger partial charge in [0.15, 0.2) is 5.78 Å². The van der Waals surface area contributed by atoms with E-state index in [1.807, 2.05) is 0 Å². The first-order valence-corrected chi connectivity index (χ1v) is 7.72. The molecule has 1 aromatic rings. The normalized spacial score (nSPS) is 21.1. The average Bonchev–Trinajstić information content (AvgIpc) is 2.96. The Hall–Kier alpha value is -2.24. The monoisotopic (exact) mass is 320 g/mol. The number of hydrogen-bond acceptors (Lipinski definition) is 3. The largest absolute Gasteiger partial charge is 0.365 e. The fourth-order valence-corrected chi connectivity index (χ4v) is 3.42. The van der Waals surface area contributed by atoms with E-state index in [9.17, 15) is 18.4 Å². The van der Waals surface area contributed by atoms with Crippen molar-refractivity contribution in [2.75, 3.05) is 0 Å². The third-order valence-corrected chi connectivity index (χ3v) is 4.69. The van der Waals surface area contributed by atoms with Crippen molar-refractivity contribution in [2.24, 2.45) is 5.41 Å². The second-order valence-corrected chi connectivity index (χ2v) is 6.17. The molecule has 1 saturated carbocycles. The van der Waals surface area contributed by atoms with Crippen LogP contribution >= 0.6 is 0 Å². The standard InChI is InChI=1S/C17H18F2N2O2/c1-10(15-11(18)5-4-6-12(15)19)20-14-9-13(22)17(16(23)21-14)7-2-3-8-17/h4-6,9-10,20H,2-3,7-8H2,1H3,(H,21,23)/t10-/m0/s1. The Morgan fingerprint density at radius 1 is 1.17 bits per heavy atom. The molecule has 2 N–H and O–H groups in total. The van der Waals surface area contributed by atoms with Crippen LogP contribution in [-0.4, -0.2) is 11.7 Å². The summed E-state index contributed by atoms with van der Waals surface area (Å²) < 4.78 is 27.6. The van der Waals surface area contributed by atoms with Crippen LogP contribution in [0.3, 0.4) is 0 Å². The van der Waals surface area contributed by atoms with E-state index < -0.39 is 23.1 Å². The molecule has 0 bridgehead atoms. The Morgan fingerprint density at radius 3 is 2.35 bits per heavy atom. The Bertz CT molecular complexity index is 674. The number of rotatable bonds is 3. The second kappa shape index (κ2) is 5.76. The lowest BCUT2D eigenvalue weighted by Crippen LogP contribution is -2.50. The van der Waals surface area contributed by atoms with Crippen molar-refractivity contribution in [3.63, 3.8) is 0 Å². The summed E-state index contributed by atoms with van der Waals surface area (Å²) in [5.41, 5.74) is -1.08. The number of nitrogens with one attached hydrogen (secondary N) is 2. The van der Waals surface area contributed by atoms with Crippen molar-refractivity contribution in [1.82, 2.24) is 10.6 Å². The minimum atomic E-state index is -0.947. The van der Waals surface area contributed by atoms with Gasteiger partial charge < -0.3 is 10.6 Å². The van der Waals surface area contributed by atoms with Gasteiger partial charge in [-0.1, -0.05) is 18.9 Å². The van der Waals surface area contributed by atoms with Crippen molar-refractivity contribution >= 4 is 11.7 Å². The molecule has 122 valence electrons. The summed E-state index contributed by atoms with van der Waals surface area (Å²) in [7, 11) is 0. The summed E-state index contributed by atoms with van der Waals surface area (Å²) in [5.74, 6) is -1.72. The smallest absolute Gasteiger partial charge is 0.239 e. The Balaban J connectivity index is 1.81. The number of amides is 1. The third-order valence-electron chi connectivity index (χ3n) is 4.69. The number of carbonyl (C=O) groups is 2. The molecule has 0 aromatic heterocycles. The molecule has 4 nitrogen and oxygen atoms in total. The van der Waals surface area contributed by atoms with Crippen LogP contribution < -0.4 is 10.6 Å². The molecule has 1 heterocycles. The van der Waals surface area contributed by atoms with Gasteiger partial charge in [0.2, 0.25) is 5.91 Å². The van der Waals surface area contributed by atoms with E-state index >= 15 is 0 Å². The van der Waals surface area contributed by atoms with Crippen LogP contribution in [-0.2, 0) is 9.59 Å². The molecule has 1 fully saturated rings. The fourth-order valence-electron chi connectivity index (χ4n) is 3.42. The molecule has 1 spiro atoms. The molecule has 1 atom stereocenters. The SMILES string of the molecule is C[C@H](NC1=CC(=O)C2(CCCC2)C(=O)N1)c1c(F)cccc1F. The van der Waals surface area contributed by atoms with E-state index in [0.29, 0.717) is 12.8 Å². The van der Waals surface area contributed by atoms with Gasteiger partial charge in [-0.3, -0.25) is 9.59 Å². The molecular weight excluding hydrogens is 302 g/mol. The molecule has 0 saturated heterocycles. The first-order valence-electron chi connectivity index (χ1n) is 7.72. The topological polar surface area (TPSA) is 58.2 Å². The molecule has 1 amide bonds. The lowest BCUT2D eigenvalue weighted by Gasteiger charge is -2.31. The zero-order valence-corrected chi connectivity index (χ0v) is 12.8. The first-order chi connectivity index (χ1) is 10.9. The summed E-state index contributed by atoms with van der Waals surface area (Å²) in [5, 5.41) is 5.48. The van der Waals surface area contributed by atoms with Crippen molar-refractivity contribution < 1.29 is 18.4 Å². The number of ketones is 1. The second-order valence-electron chi connectivity index (χ2n) is 6.17. The number of allylic oxidation sites excluding steroid dienone is 1. The fraction of sp³-hybridized carbons (Fsp3) is 0.412. The molecule has 1 aliphatic carbocycles. The number of benzene rings is 1. The molecule has 0 unspecified atom stereocenters. The highest BCUT2D eigenvalue weighted by Crippen LogP contribution is 2.41. The van der Waals surface area contributed by atoms with Crippen molar-refractivity contribution in [2.45, 2.75) is 38.6 Å². The maximum absolute atomic E-state index is 13.8. The summed E-state index contributed by atoms with van der Waals surface area (Å²) in [6.45, 7) is 1.57. The number of halogens is 2. The van der Waals surface area contributed by atoms with E-state index in [2.05, 4.69) is 10.6 Å². The van der Waals surface area contributed by atoms with Crippen LogP contribution in [0.1, 0.15) is 44.2 Å². The molecule has 3 rings (SSSR count). The van der Waals surface area contributed by atoms with Gasteiger partial charge in [-0.05, 0) is 31.9 Å². The van der Waals surface area contributed by atoms with E-state index in [0.717, 1.165) is 12.8 Å². The Labute approximate surface area is 132 Å². The highest BCUT2D eigenvalue weighted by atomic mass is 19.1. The van der Waals surface area contributed by atoms with Crippen LogP contribution in [0.5, 0.6) is 0 Å². The number of carbonyl (C=O) groups excluding carboxylic acids is 2. The summed E-state index contributed by atoms with van der Waals surface area (Å²) in [6, 6.07) is 2.90. The molecular formula is C17H18F2N2O2. The zero-order valence-electron chi connectivity index (χ0n) is 12.8. The van der Waals surface area contributed by atoms with Crippen LogP contribution in [0.4, 0.5) is 8.78 Å². The average molecular weight is 320 g/mol. The highest BCUT2D eigenvalue weighted by molar-refractivity contribution is 6.14. The van der Waals surface area contributed by atoms with E-state index in [-0.39, 0.29) is 23.1 Å². The van der Waals surface area contributed by atoms with Gasteiger partial charge in [-0.15, -0.1) is 0 Å². The van der Waals surface area contributed by atoms with Crippen LogP contribution in [0.2, 0.25) is 0 Å². The lowest BCUT2D eigenvalue weighted by atomic mass is 9.79. The quantitative estimate of drug-likeness (QED) is 0.842. The summed E-state index contributed by atoms with van der Waals surface area (Å²) >= 11 is 0. The number of hydrogen-bond donors (Lipinski definition) is 2. The molecule has 6 heteroatoms. The molecule has 1 aliphatic heterocycles. The van der Waals surface area contributed by atoms with Gasteiger partial charge in [0.25, 0.3) is 0 Å². The van der Waals surface area contributed by atoms with Crippen LogP contribution in [0, 0.1) is 17.0 Å². The predicted molar refractivity (Wildman–Crippen MR) is 80.0 cm³/mol. The van der Waals surface area contributed by atoms with Gasteiger partial charge in [0.05, 0.1) is 6.04 Å². The minimum absolute atomic E-state index is 0.128. The molecule has 0 radical (unpaired) electrons. The molecule has 2 aliphatic rings. The maximum atomic E-state index is 13.8. The van der Waals surface area contributed by atoms with Gasteiger partial charge in [0, 0.05) is 11.6 Å². The summed E-state index contributed by atoms with van der Waals surface area (Å²) in [6.07, 6.45) is 4.15. The van der Waals surface area contributed by atoms with Crippen LogP contribution in [0.25, 0.3) is 0 Å². The molecule has 23 heavy (non-hydrogen) atoms. The van der Waals surface area contributed by atoms with Crippen molar-refractivity contribution in [3.8, 4) is 0 Å². The van der Waals surface area contributed by atoms with Crippen molar-refractivity contribution in [3.05, 3.63) is 47.3 Å². The van der Waals surface area contributed by atoms with E-state index in [4.69, 9.17) is 0 Å². The third kappa shape index (κ3) is 2.62. The summed E-state index contributed by atoms with van der Waals surface area (Å²) in [4.78, 5) is 24.7. The van der Waals surface area contributed by atoms with Gasteiger partial charge in [-0.2, -0.15) is 0 Å². The Kier molecular flexibility index (Phi) is 3.92. The molecule has 1 aromatic carbocycles. The first kappa shape index (κ1) is 15.6. The van der Waals surface area contributed by atoms with E-state index in [1.54, 1.807) is 6.92 Å². The lowest BCUT2D eigenvalue weighted by molar-refractivity contribution is -0.140. The van der Waals surface area contributed by atoms with Gasteiger partial charge in [0.1, 0.15) is 22.9 Å². The van der Waals surface area contributed by atoms with Crippen molar-refractivity contribution in [1.29, 1.82) is 0 Å².